The third kappa shape index (κ3) is 3.50. The van der Waals surface area contributed by atoms with Crippen LogP contribution < -0.4 is 4.90 Å². The molecule has 0 N–H and O–H groups in total. The quantitative estimate of drug-likeness (QED) is 0.701. The van der Waals surface area contributed by atoms with Crippen LogP contribution in [0.4, 0.5) is 14.6 Å². The molecule has 3 heterocycles. The van der Waals surface area contributed by atoms with Crippen molar-refractivity contribution >= 4 is 11.5 Å². The molecule has 0 spiro atoms. The molecule has 0 amide bonds. The van der Waals surface area contributed by atoms with Crippen molar-refractivity contribution < 1.29 is 8.78 Å². The Morgan fingerprint density at radius 1 is 0.923 bits per heavy atom. The Balaban J connectivity index is 1.38. The molecule has 0 saturated carbocycles. The van der Waals surface area contributed by atoms with E-state index in [1.807, 2.05) is 12.1 Å². The maximum absolute atomic E-state index is 13.0. The van der Waals surface area contributed by atoms with Gasteiger partial charge in [0, 0.05) is 32.7 Å². The smallest absolute Gasteiger partial charge is 0.299 e. The lowest BCUT2D eigenvalue weighted by molar-refractivity contribution is 0.137. The zero-order valence-corrected chi connectivity index (χ0v) is 14.3. The Bertz CT molecular complexity index is 859. The molecule has 2 aromatic heterocycles. The number of hydrogen-bond acceptors (Lipinski definition) is 5. The van der Waals surface area contributed by atoms with Gasteiger partial charge in [0.15, 0.2) is 5.65 Å². The fourth-order valence-corrected chi connectivity index (χ4v) is 3.23. The minimum Gasteiger partial charge on any atom is -0.353 e. The van der Waals surface area contributed by atoms with Crippen LogP contribution in [0.1, 0.15) is 17.8 Å². The lowest BCUT2D eigenvalue weighted by Gasteiger charge is -2.35. The molecule has 1 saturated heterocycles. The SMILES string of the molecule is FC(F)c1nnc2ccc(N3CCN(CCc4ccccc4)CC3)nn12. The van der Waals surface area contributed by atoms with E-state index in [0.29, 0.717) is 11.5 Å². The van der Waals surface area contributed by atoms with Crippen molar-refractivity contribution in [1.82, 2.24) is 24.7 Å². The number of aromatic nitrogens is 4. The van der Waals surface area contributed by atoms with Crippen LogP contribution in [0.25, 0.3) is 5.65 Å². The fourth-order valence-electron chi connectivity index (χ4n) is 3.23. The topological polar surface area (TPSA) is 49.6 Å². The monoisotopic (exact) mass is 358 g/mol. The number of nitrogens with zero attached hydrogens (tertiary/aromatic N) is 6. The largest absolute Gasteiger partial charge is 0.353 e. The van der Waals surface area contributed by atoms with Gasteiger partial charge in [-0.15, -0.1) is 15.3 Å². The van der Waals surface area contributed by atoms with Gasteiger partial charge in [0.1, 0.15) is 5.82 Å². The Morgan fingerprint density at radius 3 is 2.42 bits per heavy atom. The van der Waals surface area contributed by atoms with Crippen LogP contribution in [-0.2, 0) is 6.42 Å². The van der Waals surface area contributed by atoms with Crippen LogP contribution in [-0.4, -0.2) is 57.4 Å². The lowest BCUT2D eigenvalue weighted by Crippen LogP contribution is -2.47. The highest BCUT2D eigenvalue weighted by Crippen LogP contribution is 2.19. The summed E-state index contributed by atoms with van der Waals surface area (Å²) in [4.78, 5) is 4.54. The zero-order chi connectivity index (χ0) is 17.9. The highest BCUT2D eigenvalue weighted by atomic mass is 19.3. The van der Waals surface area contributed by atoms with Crippen molar-refractivity contribution in [3.8, 4) is 0 Å². The summed E-state index contributed by atoms with van der Waals surface area (Å²) in [7, 11) is 0. The number of hydrogen-bond donors (Lipinski definition) is 0. The van der Waals surface area contributed by atoms with Crippen molar-refractivity contribution in [2.45, 2.75) is 12.8 Å². The third-order valence-corrected chi connectivity index (χ3v) is 4.72. The summed E-state index contributed by atoms with van der Waals surface area (Å²) >= 11 is 0. The third-order valence-electron chi connectivity index (χ3n) is 4.72. The second-order valence-corrected chi connectivity index (χ2v) is 6.38. The van der Waals surface area contributed by atoms with Gasteiger partial charge in [-0.2, -0.15) is 4.52 Å². The number of rotatable bonds is 5. The van der Waals surface area contributed by atoms with Gasteiger partial charge in [0.2, 0.25) is 5.82 Å². The van der Waals surface area contributed by atoms with E-state index in [0.717, 1.165) is 43.7 Å². The molecular formula is C18H20F2N6. The number of halogens is 2. The van der Waals surface area contributed by atoms with Gasteiger partial charge < -0.3 is 4.90 Å². The maximum atomic E-state index is 13.0. The molecule has 1 fully saturated rings. The van der Waals surface area contributed by atoms with Gasteiger partial charge in [0.25, 0.3) is 6.43 Å². The summed E-state index contributed by atoms with van der Waals surface area (Å²) in [5.41, 5.74) is 1.68. The molecule has 0 bridgehead atoms. The minimum absolute atomic E-state index is 0.338. The van der Waals surface area contributed by atoms with Crippen molar-refractivity contribution in [3.63, 3.8) is 0 Å². The van der Waals surface area contributed by atoms with Crippen LogP contribution >= 0.6 is 0 Å². The van der Waals surface area contributed by atoms with E-state index in [2.05, 4.69) is 49.4 Å². The molecule has 4 rings (SSSR count). The summed E-state index contributed by atoms with van der Waals surface area (Å²) < 4.78 is 27.1. The second-order valence-electron chi connectivity index (χ2n) is 6.38. The first-order valence-electron chi connectivity index (χ1n) is 8.72. The maximum Gasteiger partial charge on any atom is 0.299 e. The molecule has 1 aliphatic rings. The van der Waals surface area contributed by atoms with Gasteiger partial charge in [-0.3, -0.25) is 4.90 Å². The zero-order valence-electron chi connectivity index (χ0n) is 14.3. The molecule has 0 unspecified atom stereocenters. The Kier molecular flexibility index (Phi) is 4.75. The molecular weight excluding hydrogens is 338 g/mol. The number of fused-ring (bicyclic) bond motifs is 1. The number of anilines is 1. The van der Waals surface area contributed by atoms with Gasteiger partial charge in [0.05, 0.1) is 0 Å². The van der Waals surface area contributed by atoms with Crippen molar-refractivity contribution in [2.24, 2.45) is 0 Å². The normalized spacial score (nSPS) is 15.9. The predicted molar refractivity (Wildman–Crippen MR) is 94.5 cm³/mol. The molecule has 0 aliphatic carbocycles. The Morgan fingerprint density at radius 2 is 1.69 bits per heavy atom. The van der Waals surface area contributed by atoms with Gasteiger partial charge >= 0.3 is 0 Å². The number of benzene rings is 1. The van der Waals surface area contributed by atoms with E-state index in [-0.39, 0.29) is 0 Å². The second kappa shape index (κ2) is 7.33. The summed E-state index contributed by atoms with van der Waals surface area (Å²) in [6, 6.07) is 14.0. The first-order valence-corrected chi connectivity index (χ1v) is 8.72. The Labute approximate surface area is 150 Å². The van der Waals surface area contributed by atoms with E-state index in [1.165, 1.54) is 5.56 Å². The summed E-state index contributed by atoms with van der Waals surface area (Å²) in [6.45, 7) is 4.51. The van der Waals surface area contributed by atoms with E-state index >= 15 is 0 Å². The molecule has 136 valence electrons. The molecule has 0 atom stereocenters. The highest BCUT2D eigenvalue weighted by Gasteiger charge is 2.21. The standard InChI is InChI=1S/C18H20F2N6/c19-17(20)18-22-21-15-6-7-16(23-26(15)18)25-12-10-24(11-13-25)9-8-14-4-2-1-3-5-14/h1-7,17H,8-13H2. The van der Waals surface area contributed by atoms with E-state index in [1.54, 1.807) is 6.07 Å². The van der Waals surface area contributed by atoms with E-state index in [9.17, 15) is 8.78 Å². The van der Waals surface area contributed by atoms with Gasteiger partial charge in [-0.1, -0.05) is 30.3 Å². The number of piperazine rings is 1. The molecule has 26 heavy (non-hydrogen) atoms. The first kappa shape index (κ1) is 16.8. The van der Waals surface area contributed by atoms with Crippen LogP contribution in [0.3, 0.4) is 0 Å². The number of alkyl halides is 2. The molecule has 0 radical (unpaired) electrons. The van der Waals surface area contributed by atoms with Crippen LogP contribution in [0.5, 0.6) is 0 Å². The summed E-state index contributed by atoms with van der Waals surface area (Å²) in [5.74, 6) is 0.269. The van der Waals surface area contributed by atoms with Gasteiger partial charge in [-0.05, 0) is 24.1 Å². The lowest BCUT2D eigenvalue weighted by atomic mass is 10.1. The average Bonchev–Trinajstić information content (AvgIpc) is 3.11. The Hall–Kier alpha value is -2.61. The molecule has 3 aromatic rings. The minimum atomic E-state index is -2.69. The van der Waals surface area contributed by atoms with Crippen LogP contribution in [0.2, 0.25) is 0 Å². The summed E-state index contributed by atoms with van der Waals surface area (Å²) in [6.07, 6.45) is -1.66. The predicted octanol–water partition coefficient (Wildman–Crippen LogP) is 2.43. The molecule has 6 nitrogen and oxygen atoms in total. The van der Waals surface area contributed by atoms with Crippen LogP contribution in [0.15, 0.2) is 42.5 Å². The van der Waals surface area contributed by atoms with Crippen molar-refractivity contribution in [1.29, 1.82) is 0 Å². The molecule has 8 heteroatoms. The first-order chi connectivity index (χ1) is 12.7. The van der Waals surface area contributed by atoms with Crippen molar-refractivity contribution in [3.05, 3.63) is 53.9 Å². The molecule has 1 aliphatic heterocycles. The molecule has 1 aromatic carbocycles. The summed E-state index contributed by atoms with van der Waals surface area (Å²) in [5, 5.41) is 11.6. The highest BCUT2D eigenvalue weighted by molar-refractivity contribution is 5.46. The average molecular weight is 358 g/mol. The van der Waals surface area contributed by atoms with Crippen LogP contribution in [0, 0.1) is 0 Å². The van der Waals surface area contributed by atoms with Crippen molar-refractivity contribution in [2.75, 3.05) is 37.6 Å². The van der Waals surface area contributed by atoms with E-state index in [4.69, 9.17) is 0 Å². The van der Waals surface area contributed by atoms with E-state index < -0.39 is 12.2 Å². The fraction of sp³-hybridized carbons (Fsp3) is 0.389. The van der Waals surface area contributed by atoms with Gasteiger partial charge in [-0.25, -0.2) is 8.78 Å².